The molecule has 1 saturated carbocycles. The van der Waals surface area contributed by atoms with Crippen molar-refractivity contribution in [2.75, 3.05) is 6.61 Å². The van der Waals surface area contributed by atoms with Crippen LogP contribution in [0.5, 0.6) is 5.75 Å². The largest absolute Gasteiger partial charge is 0.483 e. The summed E-state index contributed by atoms with van der Waals surface area (Å²) in [4.78, 5) is 11.8. The van der Waals surface area contributed by atoms with Gasteiger partial charge in [0.15, 0.2) is 11.7 Å². The quantitative estimate of drug-likeness (QED) is 0.583. The van der Waals surface area contributed by atoms with Crippen molar-refractivity contribution in [1.29, 1.82) is 0 Å². The van der Waals surface area contributed by atoms with Crippen LogP contribution in [0.2, 0.25) is 0 Å². The van der Waals surface area contributed by atoms with Gasteiger partial charge in [-0.2, -0.15) is 0 Å². The molecular formula is C17H25N3O2S. The summed E-state index contributed by atoms with van der Waals surface area (Å²) >= 11 is 5.23. The minimum atomic E-state index is -0.269. The van der Waals surface area contributed by atoms with E-state index in [1.165, 1.54) is 19.3 Å². The minimum absolute atomic E-state index is 0.0553. The maximum atomic E-state index is 11.8. The van der Waals surface area contributed by atoms with E-state index in [0.717, 1.165) is 12.0 Å². The van der Waals surface area contributed by atoms with E-state index in [-0.39, 0.29) is 12.5 Å². The van der Waals surface area contributed by atoms with Gasteiger partial charge in [0.2, 0.25) is 0 Å². The summed E-state index contributed by atoms with van der Waals surface area (Å²) in [7, 11) is 0. The Kier molecular flexibility index (Phi) is 6.65. The van der Waals surface area contributed by atoms with E-state index in [0.29, 0.717) is 22.8 Å². The number of aryl methyl sites for hydroxylation is 1. The zero-order valence-corrected chi connectivity index (χ0v) is 14.5. The zero-order valence-electron chi connectivity index (χ0n) is 13.7. The molecule has 1 aromatic carbocycles. The van der Waals surface area contributed by atoms with Crippen LogP contribution in [-0.4, -0.2) is 23.7 Å². The number of hydrogen-bond acceptors (Lipinski definition) is 3. The van der Waals surface area contributed by atoms with Gasteiger partial charge in [-0.1, -0.05) is 38.0 Å². The molecule has 1 fully saturated rings. The molecule has 2 atom stereocenters. The highest BCUT2D eigenvalue weighted by Crippen LogP contribution is 2.23. The number of para-hydroxylation sites is 1. The number of hydrazine groups is 1. The van der Waals surface area contributed by atoms with Crippen LogP contribution in [0.1, 0.15) is 38.2 Å². The zero-order chi connectivity index (χ0) is 16.7. The Morgan fingerprint density at radius 1 is 1.26 bits per heavy atom. The Labute approximate surface area is 143 Å². The van der Waals surface area contributed by atoms with E-state index in [2.05, 4.69) is 23.1 Å². The molecule has 6 heteroatoms. The maximum absolute atomic E-state index is 11.8. The van der Waals surface area contributed by atoms with E-state index in [1.807, 2.05) is 31.2 Å². The van der Waals surface area contributed by atoms with Gasteiger partial charge in [0.1, 0.15) is 5.75 Å². The monoisotopic (exact) mass is 335 g/mol. The highest BCUT2D eigenvalue weighted by Gasteiger charge is 2.21. The number of carbonyl (C=O) groups is 1. The van der Waals surface area contributed by atoms with Gasteiger partial charge in [-0.15, -0.1) is 0 Å². The second kappa shape index (κ2) is 8.72. The topological polar surface area (TPSA) is 62.4 Å². The molecule has 0 saturated heterocycles. The summed E-state index contributed by atoms with van der Waals surface area (Å²) in [5.41, 5.74) is 6.30. The van der Waals surface area contributed by atoms with Crippen LogP contribution in [0.25, 0.3) is 0 Å². The molecule has 1 aliphatic carbocycles. The van der Waals surface area contributed by atoms with Gasteiger partial charge in [-0.05, 0) is 49.5 Å². The molecule has 0 unspecified atom stereocenters. The summed E-state index contributed by atoms with van der Waals surface area (Å²) in [5, 5.41) is 3.72. The van der Waals surface area contributed by atoms with Gasteiger partial charge in [0.05, 0.1) is 0 Å². The predicted molar refractivity (Wildman–Crippen MR) is 95.1 cm³/mol. The number of amides is 1. The SMILES string of the molecule is Cc1ccccc1OCC(=O)NNC(=S)N[C@H]1CCCC[C@H]1C. The van der Waals surface area contributed by atoms with Crippen LogP contribution in [-0.2, 0) is 4.79 Å². The lowest BCUT2D eigenvalue weighted by molar-refractivity contribution is -0.123. The lowest BCUT2D eigenvalue weighted by Crippen LogP contribution is -2.52. The van der Waals surface area contributed by atoms with Gasteiger partial charge >= 0.3 is 0 Å². The number of thiocarbonyl (C=S) groups is 1. The number of rotatable bonds is 4. The average molecular weight is 335 g/mol. The molecule has 1 aromatic rings. The molecule has 0 heterocycles. The fourth-order valence-corrected chi connectivity index (χ4v) is 2.96. The first-order valence-electron chi connectivity index (χ1n) is 8.10. The van der Waals surface area contributed by atoms with Crippen molar-refractivity contribution in [2.24, 2.45) is 5.92 Å². The van der Waals surface area contributed by atoms with Crippen molar-refractivity contribution in [1.82, 2.24) is 16.2 Å². The van der Waals surface area contributed by atoms with E-state index in [9.17, 15) is 4.79 Å². The molecule has 3 N–H and O–H groups in total. The summed E-state index contributed by atoms with van der Waals surface area (Å²) in [5.74, 6) is 1.04. The fourth-order valence-electron chi connectivity index (χ4n) is 2.76. The predicted octanol–water partition coefficient (Wildman–Crippen LogP) is 2.45. The van der Waals surface area contributed by atoms with Crippen LogP contribution in [0.4, 0.5) is 0 Å². The standard InChI is InChI=1S/C17H25N3O2S/c1-12-7-3-5-9-14(12)18-17(23)20-19-16(21)11-22-15-10-6-4-8-13(15)2/h4,6,8,10,12,14H,3,5,7,9,11H2,1-2H3,(H,19,21)(H2,18,20,23)/t12-,14+/m1/s1. The Balaban J connectivity index is 1.67. The normalized spacial score (nSPS) is 20.4. The van der Waals surface area contributed by atoms with Crippen molar-refractivity contribution in [3.05, 3.63) is 29.8 Å². The molecule has 0 aromatic heterocycles. The minimum Gasteiger partial charge on any atom is -0.483 e. The van der Waals surface area contributed by atoms with Gasteiger partial charge in [0.25, 0.3) is 5.91 Å². The van der Waals surface area contributed by atoms with E-state index in [4.69, 9.17) is 17.0 Å². The van der Waals surface area contributed by atoms with Gasteiger partial charge < -0.3 is 10.1 Å². The Morgan fingerprint density at radius 3 is 2.74 bits per heavy atom. The highest BCUT2D eigenvalue weighted by atomic mass is 32.1. The number of carbonyl (C=O) groups excluding carboxylic acids is 1. The molecule has 1 aliphatic rings. The summed E-state index contributed by atoms with van der Waals surface area (Å²) in [6.07, 6.45) is 4.85. The van der Waals surface area contributed by atoms with Gasteiger partial charge in [-0.25, -0.2) is 0 Å². The second-order valence-electron chi connectivity index (χ2n) is 6.07. The number of ether oxygens (including phenoxy) is 1. The third-order valence-corrected chi connectivity index (χ3v) is 4.42. The van der Waals surface area contributed by atoms with Crippen molar-refractivity contribution < 1.29 is 9.53 Å². The molecule has 5 nitrogen and oxygen atoms in total. The molecule has 2 rings (SSSR count). The lowest BCUT2D eigenvalue weighted by Gasteiger charge is -2.30. The molecule has 23 heavy (non-hydrogen) atoms. The molecule has 0 bridgehead atoms. The van der Waals surface area contributed by atoms with Crippen LogP contribution >= 0.6 is 12.2 Å². The second-order valence-corrected chi connectivity index (χ2v) is 6.48. The first-order chi connectivity index (χ1) is 11.1. The lowest BCUT2D eigenvalue weighted by atomic mass is 9.86. The van der Waals surface area contributed by atoms with Crippen LogP contribution in [0.15, 0.2) is 24.3 Å². The van der Waals surface area contributed by atoms with Crippen LogP contribution < -0.4 is 20.9 Å². The molecule has 0 aliphatic heterocycles. The molecule has 0 spiro atoms. The average Bonchev–Trinajstić information content (AvgIpc) is 2.54. The first kappa shape index (κ1) is 17.5. The molecule has 126 valence electrons. The third-order valence-electron chi connectivity index (χ3n) is 4.20. The van der Waals surface area contributed by atoms with Crippen molar-refractivity contribution >= 4 is 23.2 Å². The first-order valence-corrected chi connectivity index (χ1v) is 8.51. The van der Waals surface area contributed by atoms with E-state index >= 15 is 0 Å². The number of nitrogens with one attached hydrogen (secondary N) is 3. The summed E-state index contributed by atoms with van der Waals surface area (Å²) in [6.45, 7) is 4.12. The number of hydrogen-bond donors (Lipinski definition) is 3. The van der Waals surface area contributed by atoms with Crippen LogP contribution in [0.3, 0.4) is 0 Å². The van der Waals surface area contributed by atoms with Crippen LogP contribution in [0, 0.1) is 12.8 Å². The third kappa shape index (κ3) is 5.71. The Bertz CT molecular complexity index is 550. The maximum Gasteiger partial charge on any atom is 0.276 e. The smallest absolute Gasteiger partial charge is 0.276 e. The molecule has 0 radical (unpaired) electrons. The summed E-state index contributed by atoms with van der Waals surface area (Å²) < 4.78 is 5.48. The van der Waals surface area contributed by atoms with Crippen molar-refractivity contribution in [2.45, 2.75) is 45.6 Å². The summed E-state index contributed by atoms with van der Waals surface area (Å²) in [6, 6.07) is 7.97. The Morgan fingerprint density at radius 2 is 2.00 bits per heavy atom. The van der Waals surface area contributed by atoms with Crippen molar-refractivity contribution in [3.8, 4) is 5.75 Å². The van der Waals surface area contributed by atoms with Crippen molar-refractivity contribution in [3.63, 3.8) is 0 Å². The highest BCUT2D eigenvalue weighted by molar-refractivity contribution is 7.80. The van der Waals surface area contributed by atoms with E-state index in [1.54, 1.807) is 0 Å². The number of benzene rings is 1. The molecular weight excluding hydrogens is 310 g/mol. The fraction of sp³-hybridized carbons (Fsp3) is 0.529. The van der Waals surface area contributed by atoms with E-state index < -0.39 is 0 Å². The molecule has 1 amide bonds. The van der Waals surface area contributed by atoms with Gasteiger partial charge in [0, 0.05) is 6.04 Å². The van der Waals surface area contributed by atoms with Gasteiger partial charge in [-0.3, -0.25) is 15.6 Å². The Hall–Kier alpha value is -1.82.